The zero-order valence-corrected chi connectivity index (χ0v) is 26.4. The first kappa shape index (κ1) is 34.0. The van der Waals surface area contributed by atoms with Gasteiger partial charge in [0.2, 0.25) is 0 Å². The quantitative estimate of drug-likeness (QED) is 0.121. The standard InChI is InChI=1S/C34H56O7/c1-7-8-9-10-11-12-13-14-15-16-17-18-28(36)41-32(6)30(38)24(3)34(40)26(31(32,4)5)20-25(22-35)21-33(39)27(34)19-23(2)29(33)37/h19-20,24,26-27,30,35,38-40H,7-18,21-22H2,1-6H3/t24-,26+,27-,30-,32-,33-,34-/m1/s1. The number of esters is 1. The van der Waals surface area contributed by atoms with Gasteiger partial charge in [-0.25, -0.2) is 0 Å². The summed E-state index contributed by atoms with van der Waals surface area (Å²) in [5.74, 6) is -3.39. The molecule has 0 aromatic carbocycles. The number of rotatable bonds is 14. The van der Waals surface area contributed by atoms with E-state index in [2.05, 4.69) is 6.92 Å². The average Bonchev–Trinajstić information content (AvgIpc) is 3.09. The Bertz CT molecular complexity index is 999. The van der Waals surface area contributed by atoms with E-state index in [-0.39, 0.29) is 25.4 Å². The van der Waals surface area contributed by atoms with E-state index in [0.29, 0.717) is 11.1 Å². The number of unbranched alkanes of at least 4 members (excludes halogenated alkanes) is 10. The molecule has 0 unspecified atom stereocenters. The van der Waals surface area contributed by atoms with Gasteiger partial charge in [-0.1, -0.05) is 104 Å². The minimum atomic E-state index is -1.91. The Balaban J connectivity index is 1.68. The number of Topliss-reactive ketones (excluding diaryl/α,β-unsaturated/α-hetero) is 1. The number of carbonyl (C=O) groups excluding carboxylic acids is 2. The van der Waals surface area contributed by atoms with Gasteiger partial charge in [0, 0.05) is 36.0 Å². The minimum Gasteiger partial charge on any atom is -0.456 e. The van der Waals surface area contributed by atoms with E-state index in [1.54, 1.807) is 32.9 Å². The molecule has 0 amide bonds. The number of hydrogen-bond donors (Lipinski definition) is 4. The van der Waals surface area contributed by atoms with Crippen molar-refractivity contribution in [3.05, 3.63) is 23.3 Å². The Morgan fingerprint density at radius 1 is 0.927 bits per heavy atom. The topological polar surface area (TPSA) is 124 Å². The number of fused-ring (bicyclic) bond motifs is 3. The molecule has 7 heteroatoms. The number of ketones is 1. The highest BCUT2D eigenvalue weighted by Crippen LogP contribution is 2.63. The molecule has 0 radical (unpaired) electrons. The lowest BCUT2D eigenvalue weighted by atomic mass is 9.47. The number of hydrogen-bond acceptors (Lipinski definition) is 7. The molecule has 0 bridgehead atoms. The van der Waals surface area contributed by atoms with Crippen LogP contribution in [-0.4, -0.2) is 61.7 Å². The van der Waals surface area contributed by atoms with Crippen molar-refractivity contribution >= 4 is 11.8 Å². The molecule has 4 N–H and O–H groups in total. The van der Waals surface area contributed by atoms with Crippen LogP contribution in [0, 0.1) is 23.2 Å². The number of carbonyl (C=O) groups is 2. The van der Waals surface area contributed by atoms with Crippen molar-refractivity contribution in [2.45, 2.75) is 148 Å². The molecule has 234 valence electrons. The second kappa shape index (κ2) is 13.4. The van der Waals surface area contributed by atoms with Crippen molar-refractivity contribution in [3.8, 4) is 0 Å². The average molecular weight is 577 g/mol. The van der Waals surface area contributed by atoms with E-state index >= 15 is 0 Å². The van der Waals surface area contributed by atoms with Gasteiger partial charge in [-0.05, 0) is 31.4 Å². The van der Waals surface area contributed by atoms with E-state index in [0.717, 1.165) is 19.3 Å². The van der Waals surface area contributed by atoms with E-state index in [1.165, 1.54) is 51.4 Å². The Morgan fingerprint density at radius 2 is 1.46 bits per heavy atom. The van der Waals surface area contributed by atoms with Crippen LogP contribution in [0.5, 0.6) is 0 Å². The molecule has 0 aromatic heterocycles. The van der Waals surface area contributed by atoms with Gasteiger partial charge in [-0.3, -0.25) is 9.59 Å². The number of aliphatic hydroxyl groups is 4. The zero-order chi connectivity index (χ0) is 30.6. The molecular weight excluding hydrogens is 520 g/mol. The molecule has 0 aromatic rings. The fourth-order valence-corrected chi connectivity index (χ4v) is 7.91. The third kappa shape index (κ3) is 6.25. The summed E-state index contributed by atoms with van der Waals surface area (Å²) >= 11 is 0. The van der Waals surface area contributed by atoms with Crippen molar-refractivity contribution in [1.82, 2.24) is 0 Å². The van der Waals surface area contributed by atoms with E-state index in [9.17, 15) is 30.0 Å². The molecule has 7 atom stereocenters. The van der Waals surface area contributed by atoms with Crippen LogP contribution in [0.2, 0.25) is 0 Å². The lowest BCUT2D eigenvalue weighted by molar-refractivity contribution is -0.286. The van der Waals surface area contributed by atoms with Crippen LogP contribution < -0.4 is 0 Å². The summed E-state index contributed by atoms with van der Waals surface area (Å²) in [5.41, 5.74) is -5.18. The van der Waals surface area contributed by atoms with Crippen LogP contribution in [-0.2, 0) is 14.3 Å². The largest absolute Gasteiger partial charge is 0.456 e. The van der Waals surface area contributed by atoms with Crippen molar-refractivity contribution in [1.29, 1.82) is 0 Å². The third-order valence-electron chi connectivity index (χ3n) is 10.9. The summed E-state index contributed by atoms with van der Waals surface area (Å²) in [6, 6.07) is 0. The molecule has 1 fully saturated rings. The van der Waals surface area contributed by atoms with Gasteiger partial charge in [0.1, 0.15) is 11.2 Å². The monoisotopic (exact) mass is 576 g/mol. The lowest BCUT2D eigenvalue weighted by Crippen LogP contribution is -2.74. The maximum Gasteiger partial charge on any atom is 0.306 e. The van der Waals surface area contributed by atoms with Crippen LogP contribution in [0.4, 0.5) is 0 Å². The zero-order valence-electron chi connectivity index (χ0n) is 26.4. The van der Waals surface area contributed by atoms with E-state index in [1.807, 2.05) is 13.8 Å². The summed E-state index contributed by atoms with van der Waals surface area (Å²) in [5, 5.41) is 45.9. The van der Waals surface area contributed by atoms with Crippen molar-refractivity contribution in [3.63, 3.8) is 0 Å². The molecule has 3 aliphatic carbocycles. The molecule has 7 nitrogen and oxygen atoms in total. The number of aliphatic hydroxyl groups excluding tert-OH is 2. The highest BCUT2D eigenvalue weighted by atomic mass is 16.6. The van der Waals surface area contributed by atoms with E-state index in [4.69, 9.17) is 4.74 Å². The molecule has 0 aliphatic heterocycles. The molecule has 0 saturated heterocycles. The Labute approximate surface area is 247 Å². The minimum absolute atomic E-state index is 0.103. The summed E-state index contributed by atoms with van der Waals surface area (Å²) < 4.78 is 6.11. The second-order valence-electron chi connectivity index (χ2n) is 13.9. The van der Waals surface area contributed by atoms with Crippen molar-refractivity contribution in [2.24, 2.45) is 23.2 Å². The maximum absolute atomic E-state index is 13.1. The van der Waals surface area contributed by atoms with Gasteiger partial charge in [0.25, 0.3) is 0 Å². The van der Waals surface area contributed by atoms with Gasteiger partial charge < -0.3 is 25.2 Å². The lowest BCUT2D eigenvalue weighted by Gasteiger charge is -2.63. The first-order chi connectivity index (χ1) is 19.2. The summed E-state index contributed by atoms with van der Waals surface area (Å²) in [7, 11) is 0. The van der Waals surface area contributed by atoms with Crippen LogP contribution in [0.15, 0.2) is 23.3 Å². The Morgan fingerprint density at radius 3 is 2.00 bits per heavy atom. The van der Waals surface area contributed by atoms with Gasteiger partial charge in [-0.2, -0.15) is 0 Å². The molecule has 3 aliphatic rings. The normalized spacial score (nSPS) is 36.2. The predicted octanol–water partition coefficient (Wildman–Crippen LogP) is 5.57. The first-order valence-corrected chi connectivity index (χ1v) is 16.1. The highest BCUT2D eigenvalue weighted by molar-refractivity contribution is 6.04. The SMILES string of the molecule is CCCCCCCCCCCCCC(=O)O[C@]1(C)[C@H](O)[C@@H](C)[C@@]2(O)[C@@H](C=C(CO)C[C@]3(O)C(=O)C(C)=C[C@@H]23)C1(C)C. The van der Waals surface area contributed by atoms with Crippen LogP contribution in [0.1, 0.15) is 125 Å². The smallest absolute Gasteiger partial charge is 0.306 e. The van der Waals surface area contributed by atoms with Gasteiger partial charge in [-0.15, -0.1) is 0 Å². The molecule has 41 heavy (non-hydrogen) atoms. The highest BCUT2D eigenvalue weighted by Gasteiger charge is 2.72. The summed E-state index contributed by atoms with van der Waals surface area (Å²) in [6.07, 6.45) is 15.3. The predicted molar refractivity (Wildman–Crippen MR) is 160 cm³/mol. The van der Waals surface area contributed by atoms with Gasteiger partial charge >= 0.3 is 5.97 Å². The molecular formula is C34H56O7. The Hall–Kier alpha value is -1.54. The first-order valence-electron chi connectivity index (χ1n) is 16.1. The second-order valence-corrected chi connectivity index (χ2v) is 13.9. The Kier molecular flexibility index (Phi) is 11.1. The van der Waals surface area contributed by atoms with Gasteiger partial charge in [0.05, 0.1) is 18.3 Å². The van der Waals surface area contributed by atoms with E-state index < -0.39 is 51.9 Å². The molecule has 3 rings (SSSR count). The fourth-order valence-electron chi connectivity index (χ4n) is 7.91. The summed E-state index contributed by atoms with van der Waals surface area (Å²) in [6.45, 7) is 10.6. The van der Waals surface area contributed by atoms with Crippen LogP contribution >= 0.6 is 0 Å². The van der Waals surface area contributed by atoms with Crippen LogP contribution in [0.3, 0.4) is 0 Å². The van der Waals surface area contributed by atoms with Crippen molar-refractivity contribution < 1.29 is 34.8 Å². The maximum atomic E-state index is 13.1. The van der Waals surface area contributed by atoms with Crippen molar-refractivity contribution in [2.75, 3.05) is 6.61 Å². The molecule has 1 saturated carbocycles. The third-order valence-corrected chi connectivity index (χ3v) is 10.9. The fraction of sp³-hybridized carbons (Fsp3) is 0.824. The molecule has 0 spiro atoms. The van der Waals surface area contributed by atoms with Gasteiger partial charge in [0.15, 0.2) is 5.78 Å². The molecule has 0 heterocycles. The van der Waals surface area contributed by atoms with Crippen LogP contribution in [0.25, 0.3) is 0 Å². The summed E-state index contributed by atoms with van der Waals surface area (Å²) in [4.78, 5) is 26.2. The number of ether oxygens (including phenoxy) is 1.